The van der Waals surface area contributed by atoms with Crippen molar-refractivity contribution < 1.29 is 33.6 Å². The number of ether oxygens (including phenoxy) is 5. The number of H-pyrrole nitrogens is 5. The summed E-state index contributed by atoms with van der Waals surface area (Å²) in [5, 5.41) is 16.9. The van der Waals surface area contributed by atoms with Gasteiger partial charge in [-0.25, -0.2) is 0 Å². The molecule has 10 heterocycles. The molecule has 6 N–H and O–H groups in total. The molecule has 8 aromatic carbocycles. The number of aromatic amines is 5. The molecule has 5 aliphatic heterocycles. The highest BCUT2D eigenvalue weighted by atomic mass is 16.5. The second-order valence-corrected chi connectivity index (χ2v) is 26.3. The van der Waals surface area contributed by atoms with Crippen LogP contribution in [-0.4, -0.2) is 133 Å². The van der Waals surface area contributed by atoms with E-state index >= 15 is 0 Å². The van der Waals surface area contributed by atoms with E-state index in [-0.39, 0.29) is 5.92 Å². The van der Waals surface area contributed by atoms with Crippen LogP contribution in [-0.2, 0) is 32.1 Å². The van der Waals surface area contributed by atoms with Crippen molar-refractivity contribution in [3.8, 4) is 28.7 Å². The molecule has 1 atom stereocenters. The summed E-state index contributed by atoms with van der Waals surface area (Å²) < 4.78 is 26.7. The van der Waals surface area contributed by atoms with E-state index in [4.69, 9.17) is 33.7 Å². The van der Waals surface area contributed by atoms with Crippen LogP contribution in [0, 0.1) is 0 Å². The molecule has 0 radical (unpaired) electrons. The lowest BCUT2D eigenvalue weighted by atomic mass is 9.85. The molecular weight excluding hydrogens is 1290 g/mol. The van der Waals surface area contributed by atoms with E-state index in [0.717, 1.165) is 186 Å². The SMILES string of the molecule is COc1ccc2c3c([nH]c2c1)C(C)=NCC3.COc1ccc2c3c([nH]c2c1)C(C)=NCC3.COc1ccc2c3c([nH]c2c1)C(CC(CC1=NCCc2c1[nH]c1cc(OC)ccc21)c1ccccc1)=NCC3.COc1ccc2c3c([nH]c2c1)C(CC(O)c1ccccc1)=NCC3.O=Cc1ccccc1. The maximum Gasteiger partial charge on any atom is 0.150 e. The van der Waals surface area contributed by atoms with Crippen molar-refractivity contribution in [1.29, 1.82) is 0 Å². The standard InChI is InChI=1S/C33H32N4O2.C20H20N2O2.2C13H14N2O.C7H6O/c1-38-22-8-10-24-26-12-14-34-30(32(26)36-28(24)18-22)16-21(20-6-4-3-5-7-20)17-31-33-27(13-15-35-31)25-11-9-23(39-2)19-29(25)37-33;1-24-14-7-8-15-16-9-10-21-18(20(16)22-17(15)11-14)12-19(23)13-5-3-2-4-6-13;2*1-8-13-11(5-6-14-8)10-4-3-9(16-2)7-12(10)15-13;8-6-7-4-2-1-3-5-7/h3-11,18-19,21,36-37H,12-17H2,1-2H3;2-8,11,19,22-23H,9-10,12H2,1H3;2*3-4,7,15H,5-6H2,1-2H3;1-6H. The number of hydrogen-bond donors (Lipinski definition) is 6. The van der Waals surface area contributed by atoms with Crippen LogP contribution >= 0.6 is 0 Å². The summed E-state index contributed by atoms with van der Waals surface area (Å²) in [7, 11) is 8.48. The molecule has 0 fully saturated rings. The van der Waals surface area contributed by atoms with Crippen molar-refractivity contribution in [3.63, 3.8) is 0 Å². The maximum atomic E-state index is 10.5. The van der Waals surface area contributed by atoms with Crippen molar-refractivity contribution in [1.82, 2.24) is 24.9 Å². The van der Waals surface area contributed by atoms with Crippen LogP contribution < -0.4 is 23.7 Å². The number of fused-ring (bicyclic) bond motifs is 15. The molecule has 0 saturated carbocycles. The molecule has 0 amide bonds. The highest BCUT2D eigenvalue weighted by Gasteiger charge is 2.29. The molecule has 5 aliphatic rings. The summed E-state index contributed by atoms with van der Waals surface area (Å²) in [6.45, 7) is 8.32. The van der Waals surface area contributed by atoms with Crippen molar-refractivity contribution in [3.05, 3.63) is 255 Å². The van der Waals surface area contributed by atoms with Gasteiger partial charge in [-0.15, -0.1) is 0 Å². The molecule has 0 saturated heterocycles. The number of carbonyl (C=O) groups is 1. The second kappa shape index (κ2) is 31.1. The van der Waals surface area contributed by atoms with E-state index in [0.29, 0.717) is 6.42 Å². The van der Waals surface area contributed by atoms with Crippen LogP contribution in [0.2, 0.25) is 0 Å². The first-order valence-corrected chi connectivity index (χ1v) is 35.3. The quantitative estimate of drug-likeness (QED) is 0.0577. The van der Waals surface area contributed by atoms with E-state index < -0.39 is 6.10 Å². The monoisotopic (exact) mass is 1370 g/mol. The van der Waals surface area contributed by atoms with E-state index in [1.165, 1.54) is 83.1 Å². The Morgan fingerprint density at radius 2 is 0.641 bits per heavy atom. The summed E-state index contributed by atoms with van der Waals surface area (Å²) in [6, 6.07) is 60.7. The average Bonchev–Trinajstić information content (AvgIpc) is 1.66. The molecule has 0 bridgehead atoms. The summed E-state index contributed by atoms with van der Waals surface area (Å²) in [6.07, 6.45) is 7.39. The smallest absolute Gasteiger partial charge is 0.150 e. The zero-order valence-electron chi connectivity index (χ0n) is 59.4. The number of hydrogen-bond acceptors (Lipinski definition) is 12. The van der Waals surface area contributed by atoms with Gasteiger partial charge in [0, 0.05) is 130 Å². The minimum atomic E-state index is -0.545. The highest BCUT2D eigenvalue weighted by molar-refractivity contribution is 6.10. The van der Waals surface area contributed by atoms with Gasteiger partial charge in [0.2, 0.25) is 0 Å². The summed E-state index contributed by atoms with van der Waals surface area (Å²) in [5.74, 6) is 4.60. The van der Waals surface area contributed by atoms with Crippen molar-refractivity contribution >= 4 is 89.4 Å². The number of benzene rings is 8. The van der Waals surface area contributed by atoms with Crippen molar-refractivity contribution in [2.45, 2.75) is 77.2 Å². The lowest BCUT2D eigenvalue weighted by Crippen LogP contribution is -2.20. The van der Waals surface area contributed by atoms with E-state index in [1.54, 1.807) is 47.7 Å². The third kappa shape index (κ3) is 14.7. The topological polar surface area (TPSA) is 224 Å². The Kier molecular flexibility index (Phi) is 20.7. The number of aldehydes is 1. The molecule has 17 nitrogen and oxygen atoms in total. The molecule has 5 aromatic heterocycles. The lowest BCUT2D eigenvalue weighted by molar-refractivity contribution is 0.112. The van der Waals surface area contributed by atoms with Gasteiger partial charge in [0.1, 0.15) is 35.0 Å². The molecular formula is C86H86N10O7. The predicted octanol–water partition coefficient (Wildman–Crippen LogP) is 16.8. The van der Waals surface area contributed by atoms with Crippen LogP contribution in [0.4, 0.5) is 0 Å². The Labute approximate surface area is 598 Å². The van der Waals surface area contributed by atoms with Gasteiger partial charge in [-0.1, -0.05) is 91.0 Å². The van der Waals surface area contributed by atoms with Gasteiger partial charge in [0.15, 0.2) is 0 Å². The molecule has 522 valence electrons. The third-order valence-electron chi connectivity index (χ3n) is 20.2. The Morgan fingerprint density at radius 3 is 0.951 bits per heavy atom. The molecule has 0 spiro atoms. The first kappa shape index (κ1) is 68.6. The maximum absolute atomic E-state index is 10.5. The van der Waals surface area contributed by atoms with Gasteiger partial charge in [-0.2, -0.15) is 0 Å². The fraction of sp³-hybridized carbons (Fsp3) is 0.256. The summed E-state index contributed by atoms with van der Waals surface area (Å²) in [4.78, 5) is 51.4. The first-order valence-electron chi connectivity index (χ1n) is 35.3. The van der Waals surface area contributed by atoms with Gasteiger partial charge in [-0.05, 0) is 164 Å². The van der Waals surface area contributed by atoms with Gasteiger partial charge in [0.05, 0.1) is 98.7 Å². The van der Waals surface area contributed by atoms with Crippen LogP contribution in [0.5, 0.6) is 28.7 Å². The van der Waals surface area contributed by atoms with Gasteiger partial charge in [0.25, 0.3) is 0 Å². The van der Waals surface area contributed by atoms with Crippen molar-refractivity contribution in [2.24, 2.45) is 25.0 Å². The first-order chi connectivity index (χ1) is 50.5. The van der Waals surface area contributed by atoms with E-state index in [2.05, 4.69) is 127 Å². The summed E-state index contributed by atoms with van der Waals surface area (Å²) in [5.41, 5.74) is 26.6. The number of aliphatic hydroxyl groups is 1. The zero-order chi connectivity index (χ0) is 70.9. The number of aliphatic hydroxyl groups excluding tert-OH is 1. The summed E-state index contributed by atoms with van der Waals surface area (Å²) >= 11 is 0. The minimum absolute atomic E-state index is 0.252. The van der Waals surface area contributed by atoms with Gasteiger partial charge < -0.3 is 53.7 Å². The number of aromatic nitrogens is 5. The molecule has 13 aromatic rings. The van der Waals surface area contributed by atoms with Crippen molar-refractivity contribution in [2.75, 3.05) is 68.3 Å². The lowest BCUT2D eigenvalue weighted by Gasteiger charge is -2.23. The van der Waals surface area contributed by atoms with E-state index in [1.807, 2.05) is 97.1 Å². The number of aliphatic imine (C=N–C) groups is 5. The van der Waals surface area contributed by atoms with Gasteiger partial charge >= 0.3 is 0 Å². The molecule has 1 unspecified atom stereocenters. The molecule has 103 heavy (non-hydrogen) atoms. The van der Waals surface area contributed by atoms with Crippen LogP contribution in [0.15, 0.2) is 207 Å². The number of methoxy groups -OCH3 is 5. The zero-order valence-corrected chi connectivity index (χ0v) is 59.4. The van der Waals surface area contributed by atoms with Crippen LogP contribution in [0.1, 0.15) is 123 Å². The number of carbonyl (C=O) groups excluding carboxylic acids is 1. The largest absolute Gasteiger partial charge is 0.497 e. The number of nitrogens with one attached hydrogen (secondary N) is 5. The van der Waals surface area contributed by atoms with Gasteiger partial charge in [-0.3, -0.25) is 29.8 Å². The minimum Gasteiger partial charge on any atom is -0.497 e. The number of nitrogens with zero attached hydrogens (tertiary/aromatic N) is 5. The predicted molar refractivity (Wildman–Crippen MR) is 417 cm³/mol. The molecule has 17 heteroatoms. The Balaban J connectivity index is 0.000000119. The average molecular weight is 1370 g/mol. The number of rotatable bonds is 14. The fourth-order valence-electron chi connectivity index (χ4n) is 14.9. The normalized spacial score (nSPS) is 14.3. The Morgan fingerprint density at radius 1 is 0.359 bits per heavy atom. The fourth-order valence-corrected chi connectivity index (χ4v) is 14.9. The van der Waals surface area contributed by atoms with Crippen LogP contribution in [0.3, 0.4) is 0 Å². The van der Waals surface area contributed by atoms with E-state index in [9.17, 15) is 9.90 Å². The Hall–Kier alpha value is -11.6. The Bertz CT molecular complexity index is 5160. The molecule has 0 aliphatic carbocycles. The van der Waals surface area contributed by atoms with Crippen LogP contribution in [0.25, 0.3) is 54.5 Å². The highest BCUT2D eigenvalue weighted by Crippen LogP contribution is 2.38. The third-order valence-corrected chi connectivity index (χ3v) is 20.2. The second-order valence-electron chi connectivity index (χ2n) is 26.3. The molecule has 18 rings (SSSR count).